The van der Waals surface area contributed by atoms with Gasteiger partial charge in [-0.05, 0) is 18.8 Å². The van der Waals surface area contributed by atoms with Crippen LogP contribution in [-0.2, 0) is 9.59 Å². The Labute approximate surface area is 77.9 Å². The van der Waals surface area contributed by atoms with Gasteiger partial charge in [-0.15, -0.1) is 0 Å². The van der Waals surface area contributed by atoms with E-state index in [0.29, 0.717) is 0 Å². The molecule has 1 rings (SSSR count). The Bertz CT molecular complexity index is 248. The van der Waals surface area contributed by atoms with E-state index < -0.39 is 11.9 Å². The van der Waals surface area contributed by atoms with Crippen LogP contribution in [0.5, 0.6) is 0 Å². The zero-order valence-electron chi connectivity index (χ0n) is 8.26. The molecule has 1 aliphatic rings. The summed E-state index contributed by atoms with van der Waals surface area (Å²) in [5, 5.41) is 2.58. The van der Waals surface area contributed by atoms with Gasteiger partial charge in [0.2, 0.25) is 11.8 Å². The Kier molecular flexibility index (Phi) is 2.32. The second kappa shape index (κ2) is 3.01. The smallest absolute Gasteiger partial charge is 0.239 e. The second-order valence-electron chi connectivity index (χ2n) is 4.38. The summed E-state index contributed by atoms with van der Waals surface area (Å²) in [5.41, 5.74) is 5.12. The number of nitrogens with two attached hydrogens (primary N) is 1. The van der Waals surface area contributed by atoms with Gasteiger partial charge < -0.3 is 11.1 Å². The van der Waals surface area contributed by atoms with Crippen LogP contribution in [0.4, 0.5) is 0 Å². The third-order valence-electron chi connectivity index (χ3n) is 2.62. The number of carbonyl (C=O) groups excluding carboxylic acids is 2. The van der Waals surface area contributed by atoms with Crippen molar-refractivity contribution in [3.63, 3.8) is 0 Å². The van der Waals surface area contributed by atoms with Crippen molar-refractivity contribution in [2.45, 2.75) is 33.2 Å². The van der Waals surface area contributed by atoms with E-state index in [1.54, 1.807) is 6.92 Å². The van der Waals surface area contributed by atoms with Gasteiger partial charge in [0, 0.05) is 5.92 Å². The van der Waals surface area contributed by atoms with Crippen molar-refractivity contribution in [1.29, 1.82) is 0 Å². The lowest BCUT2D eigenvalue weighted by Gasteiger charge is -2.10. The maximum absolute atomic E-state index is 11.4. The number of hydrogen-bond donors (Lipinski definition) is 2. The van der Waals surface area contributed by atoms with E-state index in [0.717, 1.165) is 6.42 Å². The van der Waals surface area contributed by atoms with Crippen molar-refractivity contribution in [3.8, 4) is 0 Å². The van der Waals surface area contributed by atoms with Crippen LogP contribution in [-0.4, -0.2) is 17.9 Å². The van der Waals surface area contributed by atoms with Gasteiger partial charge in [0.15, 0.2) is 0 Å². The highest BCUT2D eigenvalue weighted by molar-refractivity contribution is 5.88. The first kappa shape index (κ1) is 10.0. The molecule has 0 bridgehead atoms. The van der Waals surface area contributed by atoms with E-state index in [-0.39, 0.29) is 17.2 Å². The van der Waals surface area contributed by atoms with Crippen LogP contribution in [0, 0.1) is 11.3 Å². The molecule has 0 aromatic rings. The minimum atomic E-state index is -0.566. The van der Waals surface area contributed by atoms with Crippen molar-refractivity contribution in [3.05, 3.63) is 0 Å². The molecule has 2 amide bonds. The highest BCUT2D eigenvalue weighted by atomic mass is 16.2. The van der Waals surface area contributed by atoms with Gasteiger partial charge in [0.1, 0.15) is 6.04 Å². The SMILES string of the molecule is CC(NC(=O)[C@H]1CC1(C)C)C(N)=O. The Balaban J connectivity index is 2.40. The lowest BCUT2D eigenvalue weighted by molar-refractivity contribution is -0.128. The summed E-state index contributed by atoms with van der Waals surface area (Å²) < 4.78 is 0. The molecule has 13 heavy (non-hydrogen) atoms. The number of amides is 2. The van der Waals surface area contributed by atoms with E-state index in [9.17, 15) is 9.59 Å². The van der Waals surface area contributed by atoms with Gasteiger partial charge in [-0.3, -0.25) is 9.59 Å². The number of carbonyl (C=O) groups is 2. The fourth-order valence-corrected chi connectivity index (χ4v) is 1.30. The highest BCUT2D eigenvalue weighted by Gasteiger charge is 2.50. The zero-order valence-corrected chi connectivity index (χ0v) is 8.26. The third-order valence-corrected chi connectivity index (χ3v) is 2.62. The largest absolute Gasteiger partial charge is 0.368 e. The van der Waals surface area contributed by atoms with Crippen molar-refractivity contribution in [2.75, 3.05) is 0 Å². The summed E-state index contributed by atoms with van der Waals surface area (Å²) in [7, 11) is 0. The summed E-state index contributed by atoms with van der Waals surface area (Å²) in [4.78, 5) is 22.1. The normalized spacial score (nSPS) is 26.2. The summed E-state index contributed by atoms with van der Waals surface area (Å²) >= 11 is 0. The molecule has 1 aliphatic carbocycles. The molecule has 74 valence electrons. The Morgan fingerprint density at radius 2 is 2.00 bits per heavy atom. The van der Waals surface area contributed by atoms with Crippen molar-refractivity contribution < 1.29 is 9.59 Å². The van der Waals surface area contributed by atoms with Crippen LogP contribution in [0.2, 0.25) is 0 Å². The monoisotopic (exact) mass is 184 g/mol. The topological polar surface area (TPSA) is 72.2 Å². The van der Waals surface area contributed by atoms with E-state index >= 15 is 0 Å². The average Bonchev–Trinajstić information content (AvgIpc) is 2.59. The number of nitrogens with one attached hydrogen (secondary N) is 1. The lowest BCUT2D eigenvalue weighted by atomic mass is 10.1. The van der Waals surface area contributed by atoms with Gasteiger partial charge in [-0.25, -0.2) is 0 Å². The van der Waals surface area contributed by atoms with Gasteiger partial charge in [0.05, 0.1) is 0 Å². The van der Waals surface area contributed by atoms with Crippen LogP contribution >= 0.6 is 0 Å². The zero-order chi connectivity index (χ0) is 10.2. The van der Waals surface area contributed by atoms with Crippen LogP contribution < -0.4 is 11.1 Å². The Morgan fingerprint density at radius 1 is 1.54 bits per heavy atom. The number of hydrogen-bond acceptors (Lipinski definition) is 2. The fourth-order valence-electron chi connectivity index (χ4n) is 1.30. The average molecular weight is 184 g/mol. The molecule has 1 unspecified atom stereocenters. The lowest BCUT2D eigenvalue weighted by Crippen LogP contribution is -2.43. The van der Waals surface area contributed by atoms with E-state index in [2.05, 4.69) is 5.32 Å². The molecule has 0 radical (unpaired) electrons. The molecule has 2 atom stereocenters. The van der Waals surface area contributed by atoms with Crippen molar-refractivity contribution in [2.24, 2.45) is 17.1 Å². The Morgan fingerprint density at radius 3 is 2.31 bits per heavy atom. The molecule has 0 saturated heterocycles. The van der Waals surface area contributed by atoms with Gasteiger partial charge in [-0.2, -0.15) is 0 Å². The molecule has 1 fully saturated rings. The maximum Gasteiger partial charge on any atom is 0.239 e. The predicted molar refractivity (Wildman–Crippen MR) is 48.7 cm³/mol. The third kappa shape index (κ3) is 2.20. The van der Waals surface area contributed by atoms with Crippen LogP contribution in [0.25, 0.3) is 0 Å². The molecule has 0 spiro atoms. The van der Waals surface area contributed by atoms with Crippen LogP contribution in [0.1, 0.15) is 27.2 Å². The molecule has 0 aromatic heterocycles. The molecule has 0 heterocycles. The number of rotatable bonds is 3. The van der Waals surface area contributed by atoms with Gasteiger partial charge in [0.25, 0.3) is 0 Å². The number of primary amides is 1. The first-order valence-corrected chi connectivity index (χ1v) is 4.44. The first-order chi connectivity index (χ1) is 5.84. The molecular formula is C9H16N2O2. The minimum absolute atomic E-state index is 0.0503. The second-order valence-corrected chi connectivity index (χ2v) is 4.38. The summed E-state index contributed by atoms with van der Waals surface area (Å²) in [6, 6.07) is -0.566. The quantitative estimate of drug-likeness (QED) is 0.649. The maximum atomic E-state index is 11.4. The predicted octanol–water partition coefficient (Wildman–Crippen LogP) is 0.0225. The van der Waals surface area contributed by atoms with Crippen molar-refractivity contribution in [1.82, 2.24) is 5.32 Å². The molecule has 1 saturated carbocycles. The molecule has 4 heteroatoms. The van der Waals surface area contributed by atoms with Crippen LogP contribution in [0.15, 0.2) is 0 Å². The molecule has 4 nitrogen and oxygen atoms in total. The Hall–Kier alpha value is -1.06. The summed E-state index contributed by atoms with van der Waals surface area (Å²) in [5.74, 6) is -0.502. The molecule has 0 aromatic carbocycles. The van der Waals surface area contributed by atoms with Gasteiger partial charge >= 0.3 is 0 Å². The first-order valence-electron chi connectivity index (χ1n) is 4.44. The summed E-state index contributed by atoms with van der Waals surface area (Å²) in [6.07, 6.45) is 0.893. The van der Waals surface area contributed by atoms with E-state index in [1.807, 2.05) is 13.8 Å². The van der Waals surface area contributed by atoms with Crippen molar-refractivity contribution >= 4 is 11.8 Å². The van der Waals surface area contributed by atoms with Crippen LogP contribution in [0.3, 0.4) is 0 Å². The minimum Gasteiger partial charge on any atom is -0.368 e. The standard InChI is InChI=1S/C9H16N2O2/c1-5(7(10)12)11-8(13)6-4-9(6,2)3/h5-6H,4H2,1-3H3,(H2,10,12)(H,11,13)/t5?,6-/m1/s1. The van der Waals surface area contributed by atoms with E-state index in [1.165, 1.54) is 0 Å². The highest BCUT2D eigenvalue weighted by Crippen LogP contribution is 2.51. The molecule has 0 aliphatic heterocycles. The molecular weight excluding hydrogens is 168 g/mol. The van der Waals surface area contributed by atoms with Gasteiger partial charge in [-0.1, -0.05) is 13.8 Å². The summed E-state index contributed by atoms with van der Waals surface area (Å²) in [6.45, 7) is 5.66. The van der Waals surface area contributed by atoms with E-state index in [4.69, 9.17) is 5.73 Å². The molecule has 3 N–H and O–H groups in total. The fraction of sp³-hybridized carbons (Fsp3) is 0.778.